The molecule has 138 valence electrons. The number of nitrogens with one attached hydrogen (secondary N) is 1. The largest absolute Gasteiger partial charge is 0.326 e. The van der Waals surface area contributed by atoms with Crippen molar-refractivity contribution in [2.24, 2.45) is 5.92 Å². The Morgan fingerprint density at radius 2 is 1.77 bits per heavy atom. The lowest BCUT2D eigenvalue weighted by Crippen LogP contribution is -2.40. The summed E-state index contributed by atoms with van der Waals surface area (Å²) in [6.45, 7) is 2.31. The molecule has 7 heteroatoms. The van der Waals surface area contributed by atoms with Crippen LogP contribution in [-0.2, 0) is 11.3 Å². The van der Waals surface area contributed by atoms with Crippen molar-refractivity contribution in [3.05, 3.63) is 62.1 Å². The van der Waals surface area contributed by atoms with Gasteiger partial charge in [0, 0.05) is 38.9 Å². The topological polar surface area (TPSA) is 32.3 Å². The van der Waals surface area contributed by atoms with Crippen LogP contribution >= 0.6 is 46.4 Å². The van der Waals surface area contributed by atoms with Gasteiger partial charge in [0.05, 0.1) is 5.92 Å². The quantitative estimate of drug-likeness (QED) is 0.629. The van der Waals surface area contributed by atoms with E-state index in [9.17, 15) is 4.79 Å². The van der Waals surface area contributed by atoms with Crippen LogP contribution in [0.15, 0.2) is 36.4 Å². The molecule has 1 unspecified atom stereocenters. The van der Waals surface area contributed by atoms with Crippen LogP contribution in [0.2, 0.25) is 20.1 Å². The zero-order valence-electron chi connectivity index (χ0n) is 13.9. The summed E-state index contributed by atoms with van der Waals surface area (Å²) in [7, 11) is 0. The van der Waals surface area contributed by atoms with Gasteiger partial charge in [0.25, 0.3) is 0 Å². The van der Waals surface area contributed by atoms with Gasteiger partial charge in [-0.3, -0.25) is 9.69 Å². The standard InChI is InChI=1S/C19H18Cl4N2O/c20-14-4-3-12(18(23)9-14)10-25-5-1-2-13(11-25)19(26)24-17-7-15(21)6-16(22)8-17/h3-4,6-9,13H,1-2,5,10-11H2,(H,24,26). The monoisotopic (exact) mass is 430 g/mol. The number of piperidine rings is 1. The van der Waals surface area contributed by atoms with Gasteiger partial charge in [0.15, 0.2) is 0 Å². The molecular weight excluding hydrogens is 414 g/mol. The average molecular weight is 432 g/mol. The minimum Gasteiger partial charge on any atom is -0.326 e. The van der Waals surface area contributed by atoms with Crippen LogP contribution in [0.1, 0.15) is 18.4 Å². The molecule has 0 radical (unpaired) electrons. The third kappa shape index (κ3) is 5.28. The molecule has 2 aromatic carbocycles. The van der Waals surface area contributed by atoms with Crippen molar-refractivity contribution < 1.29 is 4.79 Å². The Morgan fingerprint density at radius 3 is 2.46 bits per heavy atom. The normalized spacial score (nSPS) is 17.9. The number of rotatable bonds is 4. The van der Waals surface area contributed by atoms with Crippen molar-refractivity contribution in [3.8, 4) is 0 Å². The van der Waals surface area contributed by atoms with Crippen LogP contribution in [0.3, 0.4) is 0 Å². The summed E-state index contributed by atoms with van der Waals surface area (Å²) in [6, 6.07) is 10.5. The van der Waals surface area contributed by atoms with Gasteiger partial charge in [-0.05, 0) is 55.3 Å². The zero-order chi connectivity index (χ0) is 18.7. The highest BCUT2D eigenvalue weighted by atomic mass is 35.5. The van der Waals surface area contributed by atoms with Gasteiger partial charge in [-0.15, -0.1) is 0 Å². The zero-order valence-corrected chi connectivity index (χ0v) is 17.0. The molecule has 1 fully saturated rings. The first-order valence-corrected chi connectivity index (χ1v) is 9.85. The first-order chi connectivity index (χ1) is 12.4. The lowest BCUT2D eigenvalue weighted by Gasteiger charge is -2.32. The molecule has 3 nitrogen and oxygen atoms in total. The van der Waals surface area contributed by atoms with Crippen molar-refractivity contribution in [2.75, 3.05) is 18.4 Å². The number of carbonyl (C=O) groups excluding carboxylic acids is 1. The number of nitrogens with zero attached hydrogens (tertiary/aromatic N) is 1. The molecule has 0 bridgehead atoms. The number of likely N-dealkylation sites (tertiary alicyclic amines) is 1. The Bertz CT molecular complexity index is 792. The van der Waals surface area contributed by atoms with Gasteiger partial charge in [0.2, 0.25) is 5.91 Å². The SMILES string of the molecule is O=C(Nc1cc(Cl)cc(Cl)c1)C1CCCN(Cc2ccc(Cl)cc2Cl)C1. The summed E-state index contributed by atoms with van der Waals surface area (Å²) in [5.74, 6) is -0.109. The smallest absolute Gasteiger partial charge is 0.228 e. The summed E-state index contributed by atoms with van der Waals surface area (Å²) in [5.41, 5.74) is 1.63. The number of amides is 1. The van der Waals surface area contributed by atoms with Crippen molar-refractivity contribution in [2.45, 2.75) is 19.4 Å². The third-order valence-electron chi connectivity index (χ3n) is 4.42. The molecule has 0 spiro atoms. The molecule has 1 heterocycles. The number of hydrogen-bond donors (Lipinski definition) is 1. The van der Waals surface area contributed by atoms with E-state index in [1.807, 2.05) is 12.1 Å². The number of halogens is 4. The van der Waals surface area contributed by atoms with Crippen molar-refractivity contribution in [1.82, 2.24) is 4.90 Å². The molecule has 2 aromatic rings. The van der Waals surface area contributed by atoms with Crippen molar-refractivity contribution >= 4 is 58.0 Å². The van der Waals surface area contributed by atoms with Crippen molar-refractivity contribution in [1.29, 1.82) is 0 Å². The number of carbonyl (C=O) groups is 1. The fourth-order valence-corrected chi connectivity index (χ4v) is 4.17. The highest BCUT2D eigenvalue weighted by Gasteiger charge is 2.26. The van der Waals surface area contributed by atoms with Gasteiger partial charge >= 0.3 is 0 Å². The van der Waals surface area contributed by atoms with Crippen LogP contribution in [-0.4, -0.2) is 23.9 Å². The highest BCUT2D eigenvalue weighted by molar-refractivity contribution is 6.35. The van der Waals surface area contributed by atoms with E-state index in [1.165, 1.54) is 0 Å². The molecule has 26 heavy (non-hydrogen) atoms. The van der Waals surface area contributed by atoms with Crippen LogP contribution in [0.5, 0.6) is 0 Å². The number of hydrogen-bond acceptors (Lipinski definition) is 2. The fraction of sp³-hybridized carbons (Fsp3) is 0.316. The molecule has 1 N–H and O–H groups in total. The summed E-state index contributed by atoms with van der Waals surface area (Å²) < 4.78 is 0. The molecule has 1 saturated heterocycles. The second kappa shape index (κ2) is 8.81. The van der Waals surface area contributed by atoms with Crippen LogP contribution < -0.4 is 5.32 Å². The maximum absolute atomic E-state index is 12.6. The molecule has 0 aliphatic carbocycles. The lowest BCUT2D eigenvalue weighted by atomic mass is 9.96. The Labute approximate surface area is 173 Å². The maximum Gasteiger partial charge on any atom is 0.228 e. The van der Waals surface area contributed by atoms with Crippen LogP contribution in [0, 0.1) is 5.92 Å². The lowest BCUT2D eigenvalue weighted by molar-refractivity contribution is -0.121. The van der Waals surface area contributed by atoms with E-state index in [1.54, 1.807) is 24.3 Å². The van der Waals surface area contributed by atoms with E-state index in [-0.39, 0.29) is 11.8 Å². The molecule has 1 atom stereocenters. The molecule has 1 aliphatic rings. The number of benzene rings is 2. The van der Waals surface area contributed by atoms with Gasteiger partial charge < -0.3 is 5.32 Å². The molecule has 0 saturated carbocycles. The Hall–Kier alpha value is -0.970. The predicted octanol–water partition coefficient (Wildman–Crippen LogP) is 6.15. The summed E-state index contributed by atoms with van der Waals surface area (Å²) in [4.78, 5) is 14.9. The molecule has 0 aromatic heterocycles. The summed E-state index contributed by atoms with van der Waals surface area (Å²) >= 11 is 24.2. The van der Waals surface area contributed by atoms with Gasteiger partial charge in [-0.1, -0.05) is 52.5 Å². The fourth-order valence-electron chi connectivity index (χ4n) is 3.17. The van der Waals surface area contributed by atoms with E-state index in [0.29, 0.717) is 38.9 Å². The Balaban J connectivity index is 1.63. The summed E-state index contributed by atoms with van der Waals surface area (Å²) in [6.07, 6.45) is 1.81. The Morgan fingerprint density at radius 1 is 1.04 bits per heavy atom. The second-order valence-corrected chi connectivity index (χ2v) is 8.17. The highest BCUT2D eigenvalue weighted by Crippen LogP contribution is 2.27. The number of anilines is 1. The maximum atomic E-state index is 12.6. The van der Waals surface area contributed by atoms with Crippen LogP contribution in [0.4, 0.5) is 5.69 Å². The average Bonchev–Trinajstić information content (AvgIpc) is 2.57. The first-order valence-electron chi connectivity index (χ1n) is 8.34. The van der Waals surface area contributed by atoms with E-state index in [4.69, 9.17) is 46.4 Å². The minimum absolute atomic E-state index is 0.0183. The van der Waals surface area contributed by atoms with E-state index >= 15 is 0 Å². The second-order valence-electron chi connectivity index (χ2n) is 6.46. The summed E-state index contributed by atoms with van der Waals surface area (Å²) in [5, 5.41) is 5.18. The minimum atomic E-state index is -0.0902. The van der Waals surface area contributed by atoms with Gasteiger partial charge in [0.1, 0.15) is 0 Å². The van der Waals surface area contributed by atoms with Crippen molar-refractivity contribution in [3.63, 3.8) is 0 Å². The predicted molar refractivity (Wildman–Crippen MR) is 110 cm³/mol. The van der Waals surface area contributed by atoms with Crippen LogP contribution in [0.25, 0.3) is 0 Å². The molecule has 1 amide bonds. The third-order valence-corrected chi connectivity index (χ3v) is 5.44. The van der Waals surface area contributed by atoms with Gasteiger partial charge in [-0.25, -0.2) is 0 Å². The first kappa shape index (κ1) is 19.8. The van der Waals surface area contributed by atoms with Gasteiger partial charge in [-0.2, -0.15) is 0 Å². The molecule has 3 rings (SSSR count). The molecular formula is C19H18Cl4N2O. The Kier molecular flexibility index (Phi) is 6.70. The van der Waals surface area contributed by atoms with E-state index in [0.717, 1.165) is 24.9 Å². The molecule has 1 aliphatic heterocycles. The van der Waals surface area contributed by atoms with E-state index < -0.39 is 0 Å². The van der Waals surface area contributed by atoms with E-state index in [2.05, 4.69) is 10.2 Å².